The molecule has 2 saturated heterocycles. The Labute approximate surface area is 180 Å². The summed E-state index contributed by atoms with van der Waals surface area (Å²) in [6.45, 7) is 3.95. The van der Waals surface area contributed by atoms with E-state index in [9.17, 15) is 14.4 Å². The van der Waals surface area contributed by atoms with E-state index in [0.717, 1.165) is 37.3 Å². The van der Waals surface area contributed by atoms with Crippen LogP contribution in [-0.2, 0) is 22.7 Å². The van der Waals surface area contributed by atoms with Gasteiger partial charge in [0.1, 0.15) is 6.04 Å². The molecule has 3 aliphatic rings. The molecule has 1 aromatic heterocycles. The summed E-state index contributed by atoms with van der Waals surface area (Å²) >= 11 is 0. The first kappa shape index (κ1) is 19.8. The first-order valence-electron chi connectivity index (χ1n) is 10.7. The lowest BCUT2D eigenvalue weighted by atomic mass is 10.0. The van der Waals surface area contributed by atoms with Gasteiger partial charge in [-0.25, -0.2) is 0 Å². The monoisotopic (exact) mass is 419 g/mol. The maximum Gasteiger partial charge on any atom is 0.255 e. The van der Waals surface area contributed by atoms with Gasteiger partial charge in [-0.1, -0.05) is 12.1 Å². The fourth-order valence-corrected chi connectivity index (χ4v) is 4.81. The van der Waals surface area contributed by atoms with Crippen molar-refractivity contribution in [1.29, 1.82) is 0 Å². The number of carbonyl (C=O) groups excluding carboxylic acids is 3. The van der Waals surface area contributed by atoms with Gasteiger partial charge in [0, 0.05) is 63.1 Å². The molecule has 2 unspecified atom stereocenters. The number of imide groups is 1. The van der Waals surface area contributed by atoms with Gasteiger partial charge in [0.2, 0.25) is 11.8 Å². The molecule has 1 aromatic carbocycles. The SMILES string of the molecule is O=C1CCC(N2Cc3cc(CN4CCNCC4c4ccncc4)ccc3C2=O)C(=O)N1. The number of piperidine rings is 1. The lowest BCUT2D eigenvalue weighted by molar-refractivity contribution is -0.136. The predicted molar refractivity (Wildman–Crippen MR) is 113 cm³/mol. The first-order chi connectivity index (χ1) is 15.1. The lowest BCUT2D eigenvalue weighted by Crippen LogP contribution is -2.52. The highest BCUT2D eigenvalue weighted by Crippen LogP contribution is 2.30. The predicted octanol–water partition coefficient (Wildman–Crippen LogP) is 0.989. The molecule has 2 N–H and O–H groups in total. The normalized spacial score (nSPS) is 24.3. The summed E-state index contributed by atoms with van der Waals surface area (Å²) in [7, 11) is 0. The first-order valence-corrected chi connectivity index (χ1v) is 10.7. The van der Waals surface area contributed by atoms with E-state index in [4.69, 9.17) is 0 Å². The number of nitrogens with one attached hydrogen (secondary N) is 2. The molecule has 0 saturated carbocycles. The van der Waals surface area contributed by atoms with Crippen molar-refractivity contribution in [1.82, 2.24) is 25.4 Å². The molecule has 0 bridgehead atoms. The van der Waals surface area contributed by atoms with Crippen LogP contribution in [0, 0.1) is 0 Å². The second-order valence-corrected chi connectivity index (χ2v) is 8.36. The highest BCUT2D eigenvalue weighted by atomic mass is 16.2. The summed E-state index contributed by atoms with van der Waals surface area (Å²) in [6, 6.07) is 9.79. The Balaban J connectivity index is 1.33. The number of aromatic nitrogens is 1. The third-order valence-corrected chi connectivity index (χ3v) is 6.42. The molecule has 8 heteroatoms. The molecule has 4 heterocycles. The summed E-state index contributed by atoms with van der Waals surface area (Å²) in [5, 5.41) is 5.82. The zero-order valence-electron chi connectivity index (χ0n) is 17.2. The highest BCUT2D eigenvalue weighted by Gasteiger charge is 2.39. The van der Waals surface area contributed by atoms with Crippen LogP contribution in [0.3, 0.4) is 0 Å². The number of carbonyl (C=O) groups is 3. The van der Waals surface area contributed by atoms with Crippen LogP contribution in [0.2, 0.25) is 0 Å². The summed E-state index contributed by atoms with van der Waals surface area (Å²) in [6.07, 6.45) is 4.30. The summed E-state index contributed by atoms with van der Waals surface area (Å²) in [5.74, 6) is -0.779. The number of fused-ring (bicyclic) bond motifs is 1. The molecular weight excluding hydrogens is 394 g/mol. The van der Waals surface area contributed by atoms with Gasteiger partial charge < -0.3 is 10.2 Å². The highest BCUT2D eigenvalue weighted by molar-refractivity contribution is 6.05. The van der Waals surface area contributed by atoms with Crippen molar-refractivity contribution in [3.05, 3.63) is 65.0 Å². The Morgan fingerprint density at radius 2 is 1.90 bits per heavy atom. The Hall–Kier alpha value is -3.10. The Morgan fingerprint density at radius 1 is 1.06 bits per heavy atom. The Morgan fingerprint density at radius 3 is 2.71 bits per heavy atom. The van der Waals surface area contributed by atoms with Gasteiger partial charge in [-0.15, -0.1) is 0 Å². The minimum atomic E-state index is -0.578. The van der Waals surface area contributed by atoms with Crippen molar-refractivity contribution in [2.75, 3.05) is 19.6 Å². The van der Waals surface area contributed by atoms with Gasteiger partial charge in [-0.05, 0) is 41.3 Å². The number of nitrogens with zero attached hydrogens (tertiary/aromatic N) is 3. The van der Waals surface area contributed by atoms with E-state index >= 15 is 0 Å². The zero-order chi connectivity index (χ0) is 21.4. The van der Waals surface area contributed by atoms with E-state index in [1.54, 1.807) is 4.90 Å². The molecule has 2 aromatic rings. The van der Waals surface area contributed by atoms with Crippen LogP contribution in [0.1, 0.15) is 45.9 Å². The van der Waals surface area contributed by atoms with E-state index in [0.29, 0.717) is 18.5 Å². The average molecular weight is 419 g/mol. The molecule has 0 aliphatic carbocycles. The molecule has 8 nitrogen and oxygen atoms in total. The van der Waals surface area contributed by atoms with Gasteiger partial charge in [-0.2, -0.15) is 0 Å². The Kier molecular flexibility index (Phi) is 5.25. The minimum Gasteiger partial charge on any atom is -0.322 e. The second-order valence-electron chi connectivity index (χ2n) is 8.36. The van der Waals surface area contributed by atoms with E-state index in [1.807, 2.05) is 24.5 Å². The number of pyridine rings is 1. The van der Waals surface area contributed by atoms with Crippen LogP contribution >= 0.6 is 0 Å². The molecule has 2 fully saturated rings. The van der Waals surface area contributed by atoms with Crippen LogP contribution in [0.15, 0.2) is 42.7 Å². The fraction of sp³-hybridized carbons (Fsp3) is 0.391. The molecule has 2 atom stereocenters. The summed E-state index contributed by atoms with van der Waals surface area (Å²) in [4.78, 5) is 44.8. The van der Waals surface area contributed by atoms with Crippen LogP contribution in [0.5, 0.6) is 0 Å². The van der Waals surface area contributed by atoms with E-state index in [2.05, 4.69) is 38.7 Å². The number of amides is 3. The van der Waals surface area contributed by atoms with E-state index < -0.39 is 6.04 Å². The molecular formula is C23H25N5O3. The van der Waals surface area contributed by atoms with E-state index in [-0.39, 0.29) is 30.2 Å². The standard InChI is InChI=1S/C23H25N5O3/c29-21-4-3-19(22(30)26-21)28-14-17-11-15(1-2-18(17)23(28)31)13-27-10-9-25-12-20(27)16-5-7-24-8-6-16/h1-2,5-8,11,19-20,25H,3-4,9-10,12-14H2,(H,26,29,30). The molecule has 31 heavy (non-hydrogen) atoms. The average Bonchev–Trinajstić information content (AvgIpc) is 3.10. The zero-order valence-corrected chi connectivity index (χ0v) is 17.2. The second kappa shape index (κ2) is 8.20. The van der Waals surface area contributed by atoms with Crippen molar-refractivity contribution in [2.24, 2.45) is 0 Å². The quantitative estimate of drug-likeness (QED) is 0.718. The van der Waals surface area contributed by atoms with Crippen LogP contribution in [0.25, 0.3) is 0 Å². The molecule has 0 radical (unpaired) electrons. The maximum absolute atomic E-state index is 12.9. The van der Waals surface area contributed by atoms with Crippen molar-refractivity contribution >= 4 is 17.7 Å². The molecule has 3 amide bonds. The Bertz CT molecular complexity index is 1030. The van der Waals surface area contributed by atoms with Crippen molar-refractivity contribution in [2.45, 2.75) is 38.0 Å². The number of rotatable bonds is 4. The maximum atomic E-state index is 12.9. The smallest absolute Gasteiger partial charge is 0.255 e. The fourth-order valence-electron chi connectivity index (χ4n) is 4.81. The van der Waals surface area contributed by atoms with Crippen LogP contribution in [-0.4, -0.2) is 58.2 Å². The number of hydrogen-bond donors (Lipinski definition) is 2. The number of benzene rings is 1. The third kappa shape index (κ3) is 3.84. The van der Waals surface area contributed by atoms with Gasteiger partial charge in [0.05, 0.1) is 0 Å². The van der Waals surface area contributed by atoms with Crippen molar-refractivity contribution in [3.63, 3.8) is 0 Å². The van der Waals surface area contributed by atoms with E-state index in [1.165, 1.54) is 5.56 Å². The number of piperazine rings is 1. The summed E-state index contributed by atoms with van der Waals surface area (Å²) < 4.78 is 0. The van der Waals surface area contributed by atoms with Crippen LogP contribution in [0.4, 0.5) is 0 Å². The van der Waals surface area contributed by atoms with Crippen LogP contribution < -0.4 is 10.6 Å². The topological polar surface area (TPSA) is 94.6 Å². The number of hydrogen-bond acceptors (Lipinski definition) is 6. The lowest BCUT2D eigenvalue weighted by Gasteiger charge is -2.36. The van der Waals surface area contributed by atoms with Crippen molar-refractivity contribution < 1.29 is 14.4 Å². The minimum absolute atomic E-state index is 0.132. The largest absolute Gasteiger partial charge is 0.322 e. The summed E-state index contributed by atoms with van der Waals surface area (Å²) in [5.41, 5.74) is 3.99. The molecule has 0 spiro atoms. The van der Waals surface area contributed by atoms with Crippen molar-refractivity contribution in [3.8, 4) is 0 Å². The third-order valence-electron chi connectivity index (χ3n) is 6.42. The van der Waals surface area contributed by atoms with Gasteiger partial charge in [0.25, 0.3) is 5.91 Å². The van der Waals surface area contributed by atoms with Gasteiger partial charge >= 0.3 is 0 Å². The molecule has 3 aliphatic heterocycles. The molecule has 5 rings (SSSR count). The van der Waals surface area contributed by atoms with Gasteiger partial charge in [-0.3, -0.25) is 29.6 Å². The van der Waals surface area contributed by atoms with Gasteiger partial charge in [0.15, 0.2) is 0 Å². The molecule has 160 valence electrons.